The van der Waals surface area contributed by atoms with Gasteiger partial charge < -0.3 is 10.6 Å². The molecule has 3 aromatic heterocycles. The second-order valence-corrected chi connectivity index (χ2v) is 11.4. The number of hydrogen-bond donors (Lipinski definition) is 2. The van der Waals surface area contributed by atoms with Crippen LogP contribution in [0.2, 0.25) is 0 Å². The molecule has 2 atom stereocenters. The SMILES string of the molecule is CC1(c2cccc(C3(C)Nc4ccccc4-c4nc5ccccc5n43)n2)Nc2ccccc2-c2nc3ccccc3n21. The minimum Gasteiger partial charge on any atom is -0.357 e. The third-order valence-electron chi connectivity index (χ3n) is 8.85. The van der Waals surface area contributed by atoms with Gasteiger partial charge in [-0.05, 0) is 74.5 Å². The van der Waals surface area contributed by atoms with Crippen molar-refractivity contribution in [2.75, 3.05) is 10.6 Å². The predicted octanol–water partition coefficient (Wildman–Crippen LogP) is 7.41. The molecule has 5 heterocycles. The Kier molecular flexibility index (Phi) is 4.48. The summed E-state index contributed by atoms with van der Waals surface area (Å²) in [7, 11) is 0. The van der Waals surface area contributed by atoms with Crippen LogP contribution in [0, 0.1) is 0 Å². The van der Waals surface area contributed by atoms with E-state index in [1.165, 1.54) is 0 Å². The van der Waals surface area contributed by atoms with Crippen LogP contribution in [0.5, 0.6) is 0 Å². The Morgan fingerprint density at radius 1 is 0.476 bits per heavy atom. The van der Waals surface area contributed by atoms with Gasteiger partial charge in [0.25, 0.3) is 0 Å². The summed E-state index contributed by atoms with van der Waals surface area (Å²) in [6.45, 7) is 4.38. The van der Waals surface area contributed by atoms with Gasteiger partial charge in [0, 0.05) is 22.5 Å². The van der Waals surface area contributed by atoms with Crippen molar-refractivity contribution in [3.05, 3.63) is 127 Å². The zero-order valence-corrected chi connectivity index (χ0v) is 23.2. The minimum atomic E-state index is -0.696. The van der Waals surface area contributed by atoms with Crippen molar-refractivity contribution in [3.63, 3.8) is 0 Å². The summed E-state index contributed by atoms with van der Waals surface area (Å²) >= 11 is 0. The lowest BCUT2D eigenvalue weighted by atomic mass is 9.96. The van der Waals surface area contributed by atoms with Crippen molar-refractivity contribution in [1.82, 2.24) is 24.1 Å². The standard InChI is InChI=1S/C35H27N7/c1-34(39-24-14-5-3-12-22(24)32-36-26-16-7-9-18-28(26)41(32)34)30-20-11-21-31(38-30)35(2)40-25-15-6-4-13-23(25)33-37-27-17-8-10-19-29(27)42(33)35/h3-21,39-40H,1-2H3. The molecule has 9 rings (SSSR count). The number of imidazole rings is 2. The first-order valence-corrected chi connectivity index (χ1v) is 14.2. The van der Waals surface area contributed by atoms with Crippen LogP contribution in [0.15, 0.2) is 115 Å². The van der Waals surface area contributed by atoms with Crippen molar-refractivity contribution >= 4 is 33.4 Å². The molecule has 7 nitrogen and oxygen atoms in total. The molecular formula is C35H27N7. The highest BCUT2D eigenvalue weighted by atomic mass is 15.3. The monoisotopic (exact) mass is 545 g/mol. The molecule has 2 N–H and O–H groups in total. The molecule has 0 fully saturated rings. The van der Waals surface area contributed by atoms with Crippen LogP contribution in [-0.4, -0.2) is 24.1 Å². The first-order chi connectivity index (χ1) is 20.5. The van der Waals surface area contributed by atoms with E-state index < -0.39 is 11.3 Å². The molecule has 0 bridgehead atoms. The fourth-order valence-electron chi connectivity index (χ4n) is 6.86. The smallest absolute Gasteiger partial charge is 0.157 e. The van der Waals surface area contributed by atoms with E-state index in [4.69, 9.17) is 15.0 Å². The van der Waals surface area contributed by atoms with E-state index in [2.05, 4.69) is 137 Å². The number of anilines is 2. The largest absolute Gasteiger partial charge is 0.357 e. The Hall–Kier alpha value is -5.43. The maximum absolute atomic E-state index is 5.46. The quantitative estimate of drug-likeness (QED) is 0.237. The summed E-state index contributed by atoms with van der Waals surface area (Å²) in [5, 5.41) is 7.69. The van der Waals surface area contributed by atoms with E-state index in [-0.39, 0.29) is 0 Å². The molecule has 0 amide bonds. The Balaban J connectivity index is 1.28. The Morgan fingerprint density at radius 3 is 1.40 bits per heavy atom. The van der Waals surface area contributed by atoms with E-state index in [9.17, 15) is 0 Å². The highest BCUT2D eigenvalue weighted by molar-refractivity contribution is 5.89. The summed E-state index contributed by atoms with van der Waals surface area (Å²) in [6.07, 6.45) is 0. The van der Waals surface area contributed by atoms with Crippen molar-refractivity contribution < 1.29 is 0 Å². The number of fused-ring (bicyclic) bond motifs is 10. The zero-order chi connectivity index (χ0) is 28.1. The number of pyridine rings is 1. The summed E-state index contributed by atoms with van der Waals surface area (Å²) in [4.78, 5) is 15.6. The normalized spacial score (nSPS) is 20.2. The summed E-state index contributed by atoms with van der Waals surface area (Å²) < 4.78 is 4.58. The van der Waals surface area contributed by atoms with Crippen molar-refractivity contribution in [2.45, 2.75) is 25.2 Å². The summed E-state index contributed by atoms with van der Waals surface area (Å²) in [5.74, 6) is 1.86. The second kappa shape index (κ2) is 8.07. The van der Waals surface area contributed by atoms with Gasteiger partial charge in [-0.1, -0.05) is 54.6 Å². The first kappa shape index (κ1) is 23.3. The van der Waals surface area contributed by atoms with Crippen LogP contribution in [-0.2, 0) is 11.3 Å². The molecule has 0 radical (unpaired) electrons. The Bertz CT molecular complexity index is 2060. The maximum Gasteiger partial charge on any atom is 0.157 e. The lowest BCUT2D eigenvalue weighted by Gasteiger charge is -2.41. The number of aromatic nitrogens is 5. The molecule has 7 heteroatoms. The van der Waals surface area contributed by atoms with E-state index in [0.29, 0.717) is 0 Å². The molecule has 0 saturated heterocycles. The molecule has 0 saturated carbocycles. The van der Waals surface area contributed by atoms with E-state index in [1.54, 1.807) is 0 Å². The molecule has 202 valence electrons. The van der Waals surface area contributed by atoms with Gasteiger partial charge in [0.1, 0.15) is 11.6 Å². The van der Waals surface area contributed by atoms with Gasteiger partial charge >= 0.3 is 0 Å². The minimum absolute atomic E-state index is 0.696. The second-order valence-electron chi connectivity index (χ2n) is 11.4. The van der Waals surface area contributed by atoms with E-state index in [0.717, 1.165) is 67.6 Å². The van der Waals surface area contributed by atoms with Gasteiger partial charge in [-0.25, -0.2) is 15.0 Å². The van der Waals surface area contributed by atoms with E-state index >= 15 is 0 Å². The fourth-order valence-corrected chi connectivity index (χ4v) is 6.86. The van der Waals surface area contributed by atoms with Crippen LogP contribution < -0.4 is 10.6 Å². The van der Waals surface area contributed by atoms with Crippen LogP contribution in [0.25, 0.3) is 44.8 Å². The van der Waals surface area contributed by atoms with Gasteiger partial charge in [0.2, 0.25) is 0 Å². The number of hydrogen-bond acceptors (Lipinski definition) is 5. The third-order valence-corrected chi connectivity index (χ3v) is 8.85. The van der Waals surface area contributed by atoms with Gasteiger partial charge in [0.15, 0.2) is 11.3 Å². The van der Waals surface area contributed by atoms with E-state index in [1.807, 2.05) is 12.1 Å². The number of para-hydroxylation sites is 6. The topological polar surface area (TPSA) is 72.6 Å². The Morgan fingerprint density at radius 2 is 0.905 bits per heavy atom. The summed E-state index contributed by atoms with van der Waals surface area (Å²) in [5.41, 5.74) is 8.66. The molecule has 4 aromatic carbocycles. The van der Waals surface area contributed by atoms with Gasteiger partial charge in [-0.15, -0.1) is 0 Å². The molecule has 2 unspecified atom stereocenters. The van der Waals surface area contributed by atoms with Crippen molar-refractivity contribution in [3.8, 4) is 22.8 Å². The molecular weight excluding hydrogens is 518 g/mol. The van der Waals surface area contributed by atoms with Gasteiger partial charge in [-0.2, -0.15) is 0 Å². The van der Waals surface area contributed by atoms with Gasteiger partial charge in [-0.3, -0.25) is 9.13 Å². The van der Waals surface area contributed by atoms with Crippen molar-refractivity contribution in [2.24, 2.45) is 0 Å². The number of benzene rings is 4. The molecule has 0 spiro atoms. The number of rotatable bonds is 2. The average Bonchev–Trinajstić information content (AvgIpc) is 3.62. The Labute approximate surface area is 242 Å². The lowest BCUT2D eigenvalue weighted by Crippen LogP contribution is -2.46. The molecule has 2 aliphatic heterocycles. The molecule has 42 heavy (non-hydrogen) atoms. The van der Waals surface area contributed by atoms with Gasteiger partial charge in [0.05, 0.1) is 33.5 Å². The van der Waals surface area contributed by atoms with Crippen LogP contribution in [0.4, 0.5) is 11.4 Å². The molecule has 7 aromatic rings. The van der Waals surface area contributed by atoms with Crippen molar-refractivity contribution in [1.29, 1.82) is 0 Å². The highest BCUT2D eigenvalue weighted by Gasteiger charge is 2.42. The highest BCUT2D eigenvalue weighted by Crippen LogP contribution is 2.46. The van der Waals surface area contributed by atoms with Crippen LogP contribution >= 0.6 is 0 Å². The average molecular weight is 546 g/mol. The lowest BCUT2D eigenvalue weighted by molar-refractivity contribution is 0.422. The summed E-state index contributed by atoms with van der Waals surface area (Å²) in [6, 6.07) is 39.7. The predicted molar refractivity (Wildman–Crippen MR) is 167 cm³/mol. The number of nitrogens with zero attached hydrogens (tertiary/aromatic N) is 5. The molecule has 0 aliphatic carbocycles. The zero-order valence-electron chi connectivity index (χ0n) is 23.2. The number of nitrogens with one attached hydrogen (secondary N) is 2. The fraction of sp³-hybridized carbons (Fsp3) is 0.114. The maximum atomic E-state index is 5.46. The molecule has 2 aliphatic rings. The van der Waals surface area contributed by atoms with Crippen LogP contribution in [0.1, 0.15) is 25.2 Å². The third kappa shape index (κ3) is 2.97. The first-order valence-electron chi connectivity index (χ1n) is 14.2. The van der Waals surface area contributed by atoms with Crippen LogP contribution in [0.3, 0.4) is 0 Å².